The van der Waals surface area contributed by atoms with Crippen LogP contribution in [-0.4, -0.2) is 75.2 Å². The lowest BCUT2D eigenvalue weighted by molar-refractivity contribution is -0.137. The lowest BCUT2D eigenvalue weighted by Crippen LogP contribution is -2.56. The lowest BCUT2D eigenvalue weighted by atomic mass is 10.0. The van der Waals surface area contributed by atoms with E-state index in [4.69, 9.17) is 9.84 Å². The quantitative estimate of drug-likeness (QED) is 0.283. The van der Waals surface area contributed by atoms with E-state index in [0.29, 0.717) is 23.4 Å². The van der Waals surface area contributed by atoms with Crippen molar-refractivity contribution in [3.8, 4) is 5.75 Å². The van der Waals surface area contributed by atoms with Crippen LogP contribution in [0.5, 0.6) is 5.75 Å². The highest BCUT2D eigenvalue weighted by molar-refractivity contribution is 6.10. The van der Waals surface area contributed by atoms with Crippen molar-refractivity contribution in [2.24, 2.45) is 0 Å². The third-order valence-corrected chi connectivity index (χ3v) is 9.18. The third-order valence-electron chi connectivity index (χ3n) is 9.18. The fourth-order valence-corrected chi connectivity index (χ4v) is 6.63. The van der Waals surface area contributed by atoms with Gasteiger partial charge < -0.3 is 10.1 Å². The number of urea groups is 1. The largest absolute Gasteiger partial charge is 0.494 e. The highest BCUT2D eigenvalue weighted by Crippen LogP contribution is 2.36. The summed E-state index contributed by atoms with van der Waals surface area (Å²) in [6.45, 7) is 2.66. The van der Waals surface area contributed by atoms with E-state index in [9.17, 15) is 32.3 Å². The van der Waals surface area contributed by atoms with Crippen LogP contribution in [0.4, 0.5) is 23.7 Å². The van der Waals surface area contributed by atoms with Gasteiger partial charge in [0.2, 0.25) is 5.91 Å². The molecule has 4 heterocycles. The van der Waals surface area contributed by atoms with Crippen LogP contribution in [0.2, 0.25) is 0 Å². The first-order chi connectivity index (χ1) is 23.5. The number of fused-ring (bicyclic) bond motifs is 2. The summed E-state index contributed by atoms with van der Waals surface area (Å²) in [5.74, 6) is -1.00. The van der Waals surface area contributed by atoms with Gasteiger partial charge in [0, 0.05) is 48.8 Å². The standard InChI is InChI=1S/C34H32F3N7O5/c1-49-27-8-6-22-18-42(40-29(22)30(27)39-31(46)21-3-2-4-24(16-21)34(35,36)37)25-9-12-41(13-10-25)17-20-5-7-26-23(15-20)19-44(32(26)47)43-14-11-28(45)38-33(43)48/h2-8,15-16,18,25H,9-14,17,19H2,1H3,(H,39,46)(H,38,45,48). The number of hydrazine groups is 1. The Bertz CT molecular complexity index is 1990. The van der Waals surface area contributed by atoms with Gasteiger partial charge in [-0.15, -0.1) is 0 Å². The van der Waals surface area contributed by atoms with Crippen LogP contribution >= 0.6 is 0 Å². The number of nitrogens with one attached hydrogen (secondary N) is 2. The van der Waals surface area contributed by atoms with Crippen LogP contribution < -0.4 is 15.4 Å². The van der Waals surface area contributed by atoms with Gasteiger partial charge in [0.1, 0.15) is 17.0 Å². The predicted octanol–water partition coefficient (Wildman–Crippen LogP) is 4.97. The van der Waals surface area contributed by atoms with Crippen molar-refractivity contribution in [1.82, 2.24) is 30.0 Å². The average molecular weight is 676 g/mol. The number of amides is 5. The van der Waals surface area contributed by atoms with E-state index in [1.165, 1.54) is 29.3 Å². The number of piperidine rings is 1. The molecule has 0 unspecified atom stereocenters. The van der Waals surface area contributed by atoms with Crippen LogP contribution in [0.15, 0.2) is 60.8 Å². The Hall–Kier alpha value is -5.44. The number of hydrogen-bond acceptors (Lipinski definition) is 7. The molecule has 0 spiro atoms. The average Bonchev–Trinajstić information content (AvgIpc) is 3.66. The topological polar surface area (TPSA) is 129 Å². The summed E-state index contributed by atoms with van der Waals surface area (Å²) in [4.78, 5) is 52.3. The Labute approximate surface area is 278 Å². The number of halogens is 3. The number of methoxy groups -OCH3 is 1. The maximum atomic E-state index is 13.2. The lowest BCUT2D eigenvalue weighted by Gasteiger charge is -2.33. The number of hydrogen-bond donors (Lipinski definition) is 2. The first-order valence-corrected chi connectivity index (χ1v) is 15.8. The molecule has 49 heavy (non-hydrogen) atoms. The van der Waals surface area contributed by atoms with Crippen molar-refractivity contribution in [3.63, 3.8) is 0 Å². The van der Waals surface area contributed by atoms with Gasteiger partial charge in [0.15, 0.2) is 0 Å². The molecule has 3 aromatic carbocycles. The maximum Gasteiger partial charge on any atom is 0.416 e. The molecule has 12 nitrogen and oxygen atoms in total. The SMILES string of the molecule is COc1ccc2cn(C3CCN(Cc4ccc5c(c4)CN(N4CCC(=O)NC4=O)C5=O)CC3)nc2c1NC(=O)c1cccc(C(F)(F)F)c1. The number of imide groups is 1. The molecule has 0 saturated carbocycles. The normalized spacial score (nSPS) is 17.4. The number of likely N-dealkylation sites (tertiary alicyclic amines) is 1. The van der Waals surface area contributed by atoms with Crippen molar-refractivity contribution in [1.29, 1.82) is 0 Å². The van der Waals surface area contributed by atoms with Crippen molar-refractivity contribution in [2.75, 3.05) is 32.1 Å². The molecule has 2 N–H and O–H groups in total. The van der Waals surface area contributed by atoms with Gasteiger partial charge >= 0.3 is 12.2 Å². The van der Waals surface area contributed by atoms with Gasteiger partial charge in [0.05, 0.1) is 31.8 Å². The number of ether oxygens (including phenoxy) is 1. The van der Waals surface area contributed by atoms with E-state index < -0.39 is 23.7 Å². The molecule has 0 bridgehead atoms. The van der Waals surface area contributed by atoms with Crippen LogP contribution in [0.25, 0.3) is 10.9 Å². The number of alkyl halides is 3. The number of anilines is 1. The van der Waals surface area contributed by atoms with Gasteiger partial charge in [0.25, 0.3) is 11.8 Å². The number of carbonyl (C=O) groups excluding carboxylic acids is 4. The predicted molar refractivity (Wildman–Crippen MR) is 170 cm³/mol. The Balaban J connectivity index is 1.01. The molecule has 254 valence electrons. The molecule has 1 aromatic heterocycles. The zero-order valence-corrected chi connectivity index (χ0v) is 26.4. The Kier molecular flexibility index (Phi) is 8.22. The van der Waals surface area contributed by atoms with E-state index in [0.717, 1.165) is 54.6 Å². The smallest absolute Gasteiger partial charge is 0.416 e. The molecule has 2 saturated heterocycles. The number of carbonyl (C=O) groups is 4. The van der Waals surface area contributed by atoms with E-state index in [-0.39, 0.29) is 48.6 Å². The monoisotopic (exact) mass is 675 g/mol. The summed E-state index contributed by atoms with van der Waals surface area (Å²) in [7, 11) is 1.44. The summed E-state index contributed by atoms with van der Waals surface area (Å²) in [5, 5.41) is 13.2. The molecule has 7 rings (SSSR count). The second kappa shape index (κ2) is 12.5. The first kappa shape index (κ1) is 32.1. The first-order valence-electron chi connectivity index (χ1n) is 15.8. The highest BCUT2D eigenvalue weighted by Gasteiger charge is 2.37. The van der Waals surface area contributed by atoms with E-state index >= 15 is 0 Å². The van der Waals surface area contributed by atoms with E-state index in [2.05, 4.69) is 15.5 Å². The van der Waals surface area contributed by atoms with Crippen LogP contribution in [-0.2, 0) is 24.1 Å². The summed E-state index contributed by atoms with van der Waals surface area (Å²) in [6, 6.07) is 12.9. The summed E-state index contributed by atoms with van der Waals surface area (Å²) in [6.07, 6.45) is -0.939. The number of nitrogens with zero attached hydrogens (tertiary/aromatic N) is 5. The van der Waals surface area contributed by atoms with E-state index in [1.54, 1.807) is 12.1 Å². The van der Waals surface area contributed by atoms with Crippen LogP contribution in [0.1, 0.15) is 62.7 Å². The summed E-state index contributed by atoms with van der Waals surface area (Å²) < 4.78 is 47.1. The molecule has 0 radical (unpaired) electrons. The third kappa shape index (κ3) is 6.28. The minimum atomic E-state index is -4.58. The van der Waals surface area contributed by atoms with Gasteiger partial charge in [-0.2, -0.15) is 18.3 Å². The van der Waals surface area contributed by atoms with Gasteiger partial charge in [-0.05, 0) is 60.4 Å². The van der Waals surface area contributed by atoms with E-state index in [1.807, 2.05) is 29.1 Å². The molecule has 2 fully saturated rings. The molecular formula is C34H32F3N7O5. The van der Waals surface area contributed by atoms with Crippen molar-refractivity contribution in [2.45, 2.75) is 44.6 Å². The zero-order valence-electron chi connectivity index (χ0n) is 26.4. The molecule has 15 heteroatoms. The van der Waals surface area contributed by atoms with Crippen molar-refractivity contribution >= 4 is 40.3 Å². The summed E-state index contributed by atoms with van der Waals surface area (Å²) in [5.41, 5.74) is 2.11. The number of benzene rings is 3. The minimum absolute atomic E-state index is 0.0791. The maximum absolute atomic E-state index is 13.2. The Morgan fingerprint density at radius 1 is 1.02 bits per heavy atom. The van der Waals surface area contributed by atoms with Gasteiger partial charge in [-0.25, -0.2) is 14.8 Å². The Morgan fingerprint density at radius 2 is 1.82 bits per heavy atom. The zero-order chi connectivity index (χ0) is 34.4. The number of rotatable bonds is 7. The fourth-order valence-electron chi connectivity index (χ4n) is 6.63. The molecule has 5 amide bonds. The molecule has 0 atom stereocenters. The molecule has 3 aliphatic heterocycles. The number of aromatic nitrogens is 2. The molecular weight excluding hydrogens is 643 g/mol. The van der Waals surface area contributed by atoms with Gasteiger partial charge in [-0.1, -0.05) is 18.2 Å². The molecule has 3 aliphatic rings. The van der Waals surface area contributed by atoms with Crippen LogP contribution in [0.3, 0.4) is 0 Å². The minimum Gasteiger partial charge on any atom is -0.494 e. The van der Waals surface area contributed by atoms with Crippen LogP contribution in [0, 0.1) is 0 Å². The molecule has 0 aliphatic carbocycles. The highest BCUT2D eigenvalue weighted by atomic mass is 19.4. The summed E-state index contributed by atoms with van der Waals surface area (Å²) >= 11 is 0. The van der Waals surface area contributed by atoms with Crippen molar-refractivity contribution in [3.05, 3.63) is 88.6 Å². The second-order valence-electron chi connectivity index (χ2n) is 12.3. The Morgan fingerprint density at radius 3 is 2.55 bits per heavy atom. The molecule has 4 aromatic rings. The fraction of sp³-hybridized carbons (Fsp3) is 0.324. The van der Waals surface area contributed by atoms with Crippen molar-refractivity contribution < 1.29 is 37.1 Å². The second-order valence-corrected chi connectivity index (χ2v) is 12.3. The van der Waals surface area contributed by atoms with Gasteiger partial charge in [-0.3, -0.25) is 29.3 Å².